The van der Waals surface area contributed by atoms with Crippen LogP contribution in [0.1, 0.15) is 25.5 Å². The Kier molecular flexibility index (Phi) is 5.04. The number of para-hydroxylation sites is 2. The second kappa shape index (κ2) is 6.97. The largest absolute Gasteiger partial charge is 0.497 e. The highest BCUT2D eigenvalue weighted by molar-refractivity contribution is 5.57. The Morgan fingerprint density at radius 1 is 1.19 bits per heavy atom. The molecule has 1 unspecified atom stereocenters. The van der Waals surface area contributed by atoms with Crippen molar-refractivity contribution in [1.82, 2.24) is 0 Å². The maximum Gasteiger partial charge on any atom is 0.142 e. The van der Waals surface area contributed by atoms with Crippen molar-refractivity contribution in [3.8, 4) is 11.5 Å². The van der Waals surface area contributed by atoms with Crippen LogP contribution in [0.15, 0.2) is 42.5 Å². The lowest BCUT2D eigenvalue weighted by Gasteiger charge is -2.19. The summed E-state index contributed by atoms with van der Waals surface area (Å²) >= 11 is 0. The number of nitrogens with one attached hydrogen (secondary N) is 1. The molecule has 1 atom stereocenters. The predicted octanol–water partition coefficient (Wildman–Crippen LogP) is 4.41. The SMILES string of the molecule is CCOc1ccccc1NC(C)c1ccc(OC)cc1F. The summed E-state index contributed by atoms with van der Waals surface area (Å²) in [4.78, 5) is 0. The van der Waals surface area contributed by atoms with Crippen LogP contribution in [-0.2, 0) is 0 Å². The van der Waals surface area contributed by atoms with Gasteiger partial charge in [-0.05, 0) is 32.0 Å². The van der Waals surface area contributed by atoms with Crippen molar-refractivity contribution in [1.29, 1.82) is 0 Å². The van der Waals surface area contributed by atoms with Crippen LogP contribution >= 0.6 is 0 Å². The van der Waals surface area contributed by atoms with E-state index in [1.807, 2.05) is 38.1 Å². The lowest BCUT2D eigenvalue weighted by atomic mass is 10.1. The molecular weight excluding hydrogens is 269 g/mol. The summed E-state index contributed by atoms with van der Waals surface area (Å²) in [7, 11) is 1.52. The van der Waals surface area contributed by atoms with Gasteiger partial charge in [-0.2, -0.15) is 0 Å². The molecule has 112 valence electrons. The summed E-state index contributed by atoms with van der Waals surface area (Å²) in [6, 6.07) is 12.3. The quantitative estimate of drug-likeness (QED) is 0.854. The van der Waals surface area contributed by atoms with Gasteiger partial charge in [0.2, 0.25) is 0 Å². The number of methoxy groups -OCH3 is 1. The number of hydrogen-bond acceptors (Lipinski definition) is 3. The van der Waals surface area contributed by atoms with E-state index in [4.69, 9.17) is 9.47 Å². The molecule has 0 aliphatic rings. The lowest BCUT2D eigenvalue weighted by molar-refractivity contribution is 0.341. The minimum Gasteiger partial charge on any atom is -0.497 e. The molecule has 0 aliphatic carbocycles. The fraction of sp³-hybridized carbons (Fsp3) is 0.294. The van der Waals surface area contributed by atoms with Gasteiger partial charge in [-0.1, -0.05) is 18.2 Å². The Morgan fingerprint density at radius 2 is 1.95 bits per heavy atom. The molecule has 0 aromatic heterocycles. The Bertz CT molecular complexity index is 601. The molecule has 0 radical (unpaired) electrons. The van der Waals surface area contributed by atoms with Crippen LogP contribution in [0, 0.1) is 5.82 Å². The first-order chi connectivity index (χ1) is 10.2. The Balaban J connectivity index is 2.20. The zero-order valence-electron chi connectivity index (χ0n) is 12.5. The summed E-state index contributed by atoms with van der Waals surface area (Å²) in [6.45, 7) is 4.43. The number of anilines is 1. The number of halogens is 1. The van der Waals surface area contributed by atoms with Crippen LogP contribution in [0.4, 0.5) is 10.1 Å². The van der Waals surface area contributed by atoms with Gasteiger partial charge in [0.1, 0.15) is 17.3 Å². The molecule has 3 nitrogen and oxygen atoms in total. The molecule has 21 heavy (non-hydrogen) atoms. The molecule has 0 fully saturated rings. The van der Waals surface area contributed by atoms with Crippen LogP contribution in [0.2, 0.25) is 0 Å². The van der Waals surface area contributed by atoms with E-state index in [1.165, 1.54) is 13.2 Å². The topological polar surface area (TPSA) is 30.5 Å². The van der Waals surface area contributed by atoms with Gasteiger partial charge in [0.15, 0.2) is 0 Å². The second-order valence-electron chi connectivity index (χ2n) is 4.68. The van der Waals surface area contributed by atoms with Crippen LogP contribution in [0.5, 0.6) is 11.5 Å². The maximum absolute atomic E-state index is 14.1. The van der Waals surface area contributed by atoms with E-state index in [1.54, 1.807) is 12.1 Å². The minimum atomic E-state index is -0.289. The molecule has 1 N–H and O–H groups in total. The Labute approximate surface area is 124 Å². The smallest absolute Gasteiger partial charge is 0.142 e. The van der Waals surface area contributed by atoms with E-state index in [-0.39, 0.29) is 11.9 Å². The fourth-order valence-electron chi connectivity index (χ4n) is 2.16. The summed E-state index contributed by atoms with van der Waals surface area (Å²) < 4.78 is 24.7. The lowest BCUT2D eigenvalue weighted by Crippen LogP contribution is -2.10. The van der Waals surface area contributed by atoms with Gasteiger partial charge in [0.25, 0.3) is 0 Å². The van der Waals surface area contributed by atoms with E-state index in [0.29, 0.717) is 17.9 Å². The molecule has 0 saturated carbocycles. The van der Waals surface area contributed by atoms with E-state index in [0.717, 1.165) is 11.4 Å². The monoisotopic (exact) mass is 289 g/mol. The molecular formula is C17H20FNO2. The van der Waals surface area contributed by atoms with Crippen LogP contribution in [0.3, 0.4) is 0 Å². The molecule has 0 spiro atoms. The zero-order chi connectivity index (χ0) is 15.2. The Hall–Kier alpha value is -2.23. The standard InChI is InChI=1S/C17H20FNO2/c1-4-21-17-8-6-5-7-16(17)19-12(2)14-10-9-13(20-3)11-15(14)18/h5-12,19H,4H2,1-3H3. The third-order valence-corrected chi connectivity index (χ3v) is 3.23. The van der Waals surface area contributed by atoms with Crippen molar-refractivity contribution in [2.45, 2.75) is 19.9 Å². The van der Waals surface area contributed by atoms with E-state index < -0.39 is 0 Å². The summed E-state index contributed by atoms with van der Waals surface area (Å²) in [6.07, 6.45) is 0. The summed E-state index contributed by atoms with van der Waals surface area (Å²) in [5.74, 6) is 0.988. The number of hydrogen-bond donors (Lipinski definition) is 1. The molecule has 2 rings (SSSR count). The van der Waals surface area contributed by atoms with E-state index >= 15 is 0 Å². The van der Waals surface area contributed by atoms with Crippen molar-refractivity contribution in [2.75, 3.05) is 19.0 Å². The first-order valence-corrected chi connectivity index (χ1v) is 6.97. The van der Waals surface area contributed by atoms with Crippen molar-refractivity contribution in [2.24, 2.45) is 0 Å². The van der Waals surface area contributed by atoms with Gasteiger partial charge in [-0.25, -0.2) is 4.39 Å². The number of benzene rings is 2. The van der Waals surface area contributed by atoms with Crippen LogP contribution < -0.4 is 14.8 Å². The van der Waals surface area contributed by atoms with Gasteiger partial charge in [0, 0.05) is 11.6 Å². The molecule has 0 amide bonds. The first-order valence-electron chi connectivity index (χ1n) is 6.97. The van der Waals surface area contributed by atoms with Crippen molar-refractivity contribution in [3.63, 3.8) is 0 Å². The highest BCUT2D eigenvalue weighted by Gasteiger charge is 2.13. The maximum atomic E-state index is 14.1. The highest BCUT2D eigenvalue weighted by Crippen LogP contribution is 2.29. The second-order valence-corrected chi connectivity index (χ2v) is 4.68. The molecule has 0 saturated heterocycles. The van der Waals surface area contributed by atoms with Gasteiger partial charge < -0.3 is 14.8 Å². The first kappa shape index (κ1) is 15.2. The summed E-state index contributed by atoms with van der Waals surface area (Å²) in [5.41, 5.74) is 1.43. The molecule has 2 aromatic carbocycles. The fourth-order valence-corrected chi connectivity index (χ4v) is 2.16. The summed E-state index contributed by atoms with van der Waals surface area (Å²) in [5, 5.41) is 3.28. The Morgan fingerprint density at radius 3 is 2.62 bits per heavy atom. The molecule has 0 aliphatic heterocycles. The zero-order valence-corrected chi connectivity index (χ0v) is 12.5. The molecule has 0 bridgehead atoms. The number of rotatable bonds is 6. The third-order valence-electron chi connectivity index (χ3n) is 3.23. The van der Waals surface area contributed by atoms with Crippen molar-refractivity contribution >= 4 is 5.69 Å². The minimum absolute atomic E-state index is 0.183. The van der Waals surface area contributed by atoms with Gasteiger partial charge in [0.05, 0.1) is 25.4 Å². The van der Waals surface area contributed by atoms with Crippen molar-refractivity contribution < 1.29 is 13.9 Å². The molecule has 4 heteroatoms. The average molecular weight is 289 g/mol. The highest BCUT2D eigenvalue weighted by atomic mass is 19.1. The molecule has 0 heterocycles. The van der Waals surface area contributed by atoms with Gasteiger partial charge >= 0.3 is 0 Å². The van der Waals surface area contributed by atoms with E-state index in [2.05, 4.69) is 5.32 Å². The number of ether oxygens (including phenoxy) is 2. The molecule has 2 aromatic rings. The third kappa shape index (κ3) is 3.66. The average Bonchev–Trinajstić information content (AvgIpc) is 2.49. The van der Waals surface area contributed by atoms with Crippen molar-refractivity contribution in [3.05, 3.63) is 53.8 Å². The predicted molar refractivity (Wildman–Crippen MR) is 82.6 cm³/mol. The van der Waals surface area contributed by atoms with E-state index in [9.17, 15) is 4.39 Å². The van der Waals surface area contributed by atoms with Crippen LogP contribution in [-0.4, -0.2) is 13.7 Å². The van der Waals surface area contributed by atoms with Crippen LogP contribution in [0.25, 0.3) is 0 Å². The normalized spacial score (nSPS) is 11.8. The van der Waals surface area contributed by atoms with Gasteiger partial charge in [-0.15, -0.1) is 0 Å². The van der Waals surface area contributed by atoms with Gasteiger partial charge in [-0.3, -0.25) is 0 Å².